The summed E-state index contributed by atoms with van der Waals surface area (Å²) in [5.41, 5.74) is 0.496. The van der Waals surface area contributed by atoms with Crippen LogP contribution in [0.1, 0.15) is 54.4 Å². The number of hydrogen-bond acceptors (Lipinski definition) is 6. The number of carbonyl (C=O) groups is 1. The first-order chi connectivity index (χ1) is 14.7. The number of ether oxygens (including phenoxy) is 1. The van der Waals surface area contributed by atoms with E-state index >= 15 is 0 Å². The quantitative estimate of drug-likeness (QED) is 0.459. The number of ketones is 1. The molecule has 164 valence electrons. The molecule has 0 radical (unpaired) electrons. The third-order valence-electron chi connectivity index (χ3n) is 5.72. The molecule has 0 saturated carbocycles. The van der Waals surface area contributed by atoms with Gasteiger partial charge < -0.3 is 4.74 Å². The van der Waals surface area contributed by atoms with Crippen molar-refractivity contribution in [1.29, 1.82) is 0 Å². The number of rotatable bonds is 5. The summed E-state index contributed by atoms with van der Waals surface area (Å²) < 4.78 is 32.9. The Bertz CT molecular complexity index is 1170. The van der Waals surface area contributed by atoms with Crippen molar-refractivity contribution in [3.05, 3.63) is 56.6 Å². The van der Waals surface area contributed by atoms with Crippen molar-refractivity contribution in [2.24, 2.45) is 0 Å². The van der Waals surface area contributed by atoms with Crippen molar-refractivity contribution in [2.75, 3.05) is 13.1 Å². The summed E-state index contributed by atoms with van der Waals surface area (Å²) in [7, 11) is -3.84. The van der Waals surface area contributed by atoms with Crippen LogP contribution in [0.15, 0.2) is 35.2 Å². The number of nitrogens with zero attached hydrogens (tertiary/aromatic N) is 2. The number of carbonyl (C=O) groups excluding carboxylic acids is 1. The van der Waals surface area contributed by atoms with Gasteiger partial charge in [-0.25, -0.2) is 8.42 Å². The van der Waals surface area contributed by atoms with Crippen molar-refractivity contribution in [2.45, 2.75) is 43.4 Å². The maximum Gasteiger partial charge on any atom is 0.312 e. The van der Waals surface area contributed by atoms with Crippen LogP contribution in [-0.2, 0) is 10.0 Å². The molecule has 2 aromatic rings. The van der Waals surface area contributed by atoms with E-state index in [0.717, 1.165) is 25.3 Å². The number of benzene rings is 2. The van der Waals surface area contributed by atoms with E-state index in [9.17, 15) is 23.3 Å². The van der Waals surface area contributed by atoms with Gasteiger partial charge in [-0.3, -0.25) is 14.9 Å². The number of fused-ring (bicyclic) bond motifs is 1. The van der Waals surface area contributed by atoms with Crippen LogP contribution in [0.2, 0.25) is 5.02 Å². The smallest absolute Gasteiger partial charge is 0.312 e. The summed E-state index contributed by atoms with van der Waals surface area (Å²) in [6, 6.07) is 6.66. The Morgan fingerprint density at radius 3 is 2.48 bits per heavy atom. The van der Waals surface area contributed by atoms with E-state index in [1.165, 1.54) is 22.5 Å². The summed E-state index contributed by atoms with van der Waals surface area (Å²) in [6.45, 7) is 2.67. The van der Waals surface area contributed by atoms with E-state index < -0.39 is 20.6 Å². The number of halogens is 1. The Morgan fingerprint density at radius 1 is 1.13 bits per heavy atom. The molecule has 1 atom stereocenters. The van der Waals surface area contributed by atoms with Gasteiger partial charge in [0.15, 0.2) is 5.78 Å². The Morgan fingerprint density at radius 2 is 1.81 bits per heavy atom. The SMILES string of the molecule is C[C@H]1CC(=O)c2c(Oc3ccc(S(=O)(=O)N4CCCCC4)cc3[N+](=O)[O-])ccc(Cl)c21. The molecular formula is C21H21ClN2O6S. The van der Waals surface area contributed by atoms with E-state index in [-0.39, 0.29) is 34.5 Å². The fourth-order valence-corrected chi connectivity index (χ4v) is 6.05. The monoisotopic (exact) mass is 464 g/mol. The minimum Gasteiger partial charge on any atom is -0.449 e. The molecule has 2 aromatic carbocycles. The molecule has 0 spiro atoms. The van der Waals surface area contributed by atoms with E-state index in [1.54, 1.807) is 6.07 Å². The number of sulfonamides is 1. The standard InChI is InChI=1S/C21H21ClN2O6S/c1-13-11-17(25)21-19(8-6-15(22)20(13)21)30-18-7-5-14(12-16(18)24(26)27)31(28,29)23-9-3-2-4-10-23/h5-8,12-13H,2-4,9-11H2,1H3/t13-/m0/s1. The summed E-state index contributed by atoms with van der Waals surface area (Å²) >= 11 is 6.24. The Balaban J connectivity index is 1.73. The topological polar surface area (TPSA) is 107 Å². The molecule has 0 N–H and O–H groups in total. The summed E-state index contributed by atoms with van der Waals surface area (Å²) in [5.74, 6) is -0.194. The molecule has 4 rings (SSSR count). The second-order valence-electron chi connectivity index (χ2n) is 7.82. The molecule has 31 heavy (non-hydrogen) atoms. The molecule has 1 saturated heterocycles. The molecule has 0 aromatic heterocycles. The predicted octanol–water partition coefficient (Wildman–Crippen LogP) is 4.91. The first-order valence-electron chi connectivity index (χ1n) is 10.0. The fourth-order valence-electron chi connectivity index (χ4n) is 4.17. The fraction of sp³-hybridized carbons (Fsp3) is 0.381. The molecule has 1 heterocycles. The number of Topliss-reactive ketones (excluding diaryl/α,β-unsaturated/α-hetero) is 1. The number of nitro groups is 1. The third kappa shape index (κ3) is 3.93. The highest BCUT2D eigenvalue weighted by atomic mass is 35.5. The molecule has 0 amide bonds. The van der Waals surface area contributed by atoms with Crippen LogP contribution in [0.4, 0.5) is 5.69 Å². The molecule has 0 unspecified atom stereocenters. The largest absolute Gasteiger partial charge is 0.449 e. The van der Waals surface area contributed by atoms with Crippen molar-refractivity contribution < 1.29 is 22.9 Å². The predicted molar refractivity (Wildman–Crippen MR) is 115 cm³/mol. The van der Waals surface area contributed by atoms with Gasteiger partial charge in [-0.1, -0.05) is 24.9 Å². The zero-order valence-electron chi connectivity index (χ0n) is 16.8. The Labute approximate surface area is 185 Å². The maximum absolute atomic E-state index is 12.9. The average Bonchev–Trinajstić information content (AvgIpc) is 3.05. The van der Waals surface area contributed by atoms with E-state index in [4.69, 9.17) is 16.3 Å². The van der Waals surface area contributed by atoms with Gasteiger partial charge in [0.1, 0.15) is 5.75 Å². The summed E-state index contributed by atoms with van der Waals surface area (Å²) in [6.07, 6.45) is 2.76. The average molecular weight is 465 g/mol. The lowest BCUT2D eigenvalue weighted by atomic mass is 10.0. The molecule has 1 aliphatic heterocycles. The number of nitro benzene ring substituents is 1. The second-order valence-corrected chi connectivity index (χ2v) is 10.2. The summed E-state index contributed by atoms with van der Waals surface area (Å²) in [4.78, 5) is 23.3. The van der Waals surface area contributed by atoms with Gasteiger partial charge >= 0.3 is 5.69 Å². The first kappa shape index (κ1) is 21.7. The van der Waals surface area contributed by atoms with Crippen LogP contribution in [-0.4, -0.2) is 36.5 Å². The lowest BCUT2D eigenvalue weighted by molar-refractivity contribution is -0.385. The molecular weight excluding hydrogens is 444 g/mol. The van der Waals surface area contributed by atoms with Gasteiger partial charge in [-0.05, 0) is 48.6 Å². The molecule has 8 nitrogen and oxygen atoms in total. The van der Waals surface area contributed by atoms with Gasteiger partial charge in [0, 0.05) is 30.6 Å². The van der Waals surface area contributed by atoms with Gasteiger partial charge in [-0.15, -0.1) is 0 Å². The van der Waals surface area contributed by atoms with Gasteiger partial charge in [0.2, 0.25) is 15.8 Å². The van der Waals surface area contributed by atoms with Crippen LogP contribution in [0, 0.1) is 10.1 Å². The maximum atomic E-state index is 12.9. The van der Waals surface area contributed by atoms with E-state index in [2.05, 4.69) is 0 Å². The van der Waals surface area contributed by atoms with Crippen molar-refractivity contribution in [3.63, 3.8) is 0 Å². The highest BCUT2D eigenvalue weighted by molar-refractivity contribution is 7.89. The first-order valence-corrected chi connectivity index (χ1v) is 11.8. The molecule has 0 bridgehead atoms. The van der Waals surface area contributed by atoms with Gasteiger partial charge in [0.05, 0.1) is 15.4 Å². The minimum absolute atomic E-state index is 0.0782. The van der Waals surface area contributed by atoms with Crippen molar-refractivity contribution in [3.8, 4) is 11.5 Å². The third-order valence-corrected chi connectivity index (χ3v) is 7.94. The lowest BCUT2D eigenvalue weighted by Gasteiger charge is -2.25. The van der Waals surface area contributed by atoms with Crippen LogP contribution in [0.25, 0.3) is 0 Å². The van der Waals surface area contributed by atoms with Gasteiger partial charge in [-0.2, -0.15) is 4.31 Å². The van der Waals surface area contributed by atoms with Crippen LogP contribution in [0.5, 0.6) is 11.5 Å². The normalized spacial score (nSPS) is 19.3. The molecule has 1 aliphatic carbocycles. The van der Waals surface area contributed by atoms with Crippen molar-refractivity contribution in [1.82, 2.24) is 4.31 Å². The number of piperidine rings is 1. The van der Waals surface area contributed by atoms with E-state index in [0.29, 0.717) is 29.2 Å². The molecule has 2 aliphatic rings. The number of hydrogen-bond donors (Lipinski definition) is 0. The second kappa shape index (κ2) is 8.22. The molecule has 1 fully saturated rings. The van der Waals surface area contributed by atoms with Crippen LogP contribution in [0.3, 0.4) is 0 Å². The summed E-state index contributed by atoms with van der Waals surface area (Å²) in [5, 5.41) is 12.1. The molecule has 10 heteroatoms. The Kier molecular flexibility index (Phi) is 5.76. The van der Waals surface area contributed by atoms with Crippen LogP contribution >= 0.6 is 11.6 Å². The van der Waals surface area contributed by atoms with Crippen molar-refractivity contribution >= 4 is 33.1 Å². The highest BCUT2D eigenvalue weighted by Crippen LogP contribution is 2.44. The van der Waals surface area contributed by atoms with E-state index in [1.807, 2.05) is 6.92 Å². The van der Waals surface area contributed by atoms with Gasteiger partial charge in [0.25, 0.3) is 0 Å². The highest BCUT2D eigenvalue weighted by Gasteiger charge is 2.33. The van der Waals surface area contributed by atoms with Crippen LogP contribution < -0.4 is 4.74 Å². The minimum atomic E-state index is -3.84. The Hall–Kier alpha value is -2.49. The zero-order valence-corrected chi connectivity index (χ0v) is 18.4. The lowest BCUT2D eigenvalue weighted by Crippen LogP contribution is -2.35. The zero-order chi connectivity index (χ0) is 22.3.